The second-order valence-electron chi connectivity index (χ2n) is 12.2. The van der Waals surface area contributed by atoms with Crippen molar-refractivity contribution in [3.05, 3.63) is 54.1 Å². The number of aromatic nitrogens is 2. The van der Waals surface area contributed by atoms with E-state index in [0.717, 1.165) is 6.54 Å². The first-order chi connectivity index (χ1) is 19.3. The number of hydrogen-bond donors (Lipinski definition) is 0. The Balaban J connectivity index is 1.62. The van der Waals surface area contributed by atoms with Crippen molar-refractivity contribution in [1.82, 2.24) is 4.57 Å². The first-order valence-corrected chi connectivity index (χ1v) is 17.5. The predicted molar refractivity (Wildman–Crippen MR) is 171 cm³/mol. The van der Waals surface area contributed by atoms with E-state index in [1.54, 1.807) is 5.82 Å². The number of benzene rings is 1. The Morgan fingerprint density at radius 2 is 1.00 bits per heavy atom. The summed E-state index contributed by atoms with van der Waals surface area (Å²) in [7, 11) is 0. The molecule has 0 radical (unpaired) electrons. The molecule has 0 fully saturated rings. The first kappa shape index (κ1) is 33.6. The summed E-state index contributed by atoms with van der Waals surface area (Å²) in [6, 6.07) is 11.0. The second kappa shape index (κ2) is 24.2. The summed E-state index contributed by atoms with van der Waals surface area (Å²) in [6.07, 6.45) is 38.2. The van der Waals surface area contributed by atoms with Crippen molar-refractivity contribution in [3.8, 4) is 0 Å². The van der Waals surface area contributed by atoms with Crippen molar-refractivity contribution < 1.29 is 4.57 Å². The van der Waals surface area contributed by atoms with Gasteiger partial charge in [-0.1, -0.05) is 160 Å². The summed E-state index contributed by atoms with van der Waals surface area (Å²) in [5, 5.41) is 0. The Kier molecular flexibility index (Phi) is 20.9. The van der Waals surface area contributed by atoms with Crippen molar-refractivity contribution in [3.63, 3.8) is 0 Å². The highest BCUT2D eigenvalue weighted by atomic mass is 15.1. The molecule has 0 bridgehead atoms. The summed E-state index contributed by atoms with van der Waals surface area (Å²) in [5.74, 6) is 1.58. The van der Waals surface area contributed by atoms with Crippen LogP contribution in [0.2, 0.25) is 0 Å². The number of nitrogens with zero attached hydrogens (tertiary/aromatic N) is 2. The molecule has 1 aromatic carbocycles. The van der Waals surface area contributed by atoms with E-state index in [2.05, 4.69) is 65.7 Å². The van der Waals surface area contributed by atoms with Crippen LogP contribution in [0.3, 0.4) is 0 Å². The molecule has 39 heavy (non-hydrogen) atoms. The van der Waals surface area contributed by atoms with Crippen LogP contribution in [0.15, 0.2) is 42.7 Å². The number of rotatable bonds is 27. The van der Waals surface area contributed by atoms with E-state index in [9.17, 15) is 0 Å². The largest absolute Gasteiger partial charge is 0.256 e. The van der Waals surface area contributed by atoms with E-state index in [4.69, 9.17) is 0 Å². The minimum absolute atomic E-state index is 1.15. The van der Waals surface area contributed by atoms with Gasteiger partial charge in [0, 0.05) is 6.42 Å². The van der Waals surface area contributed by atoms with E-state index in [1.807, 2.05) is 0 Å². The van der Waals surface area contributed by atoms with Gasteiger partial charge in [0.05, 0.1) is 13.1 Å². The highest BCUT2D eigenvalue weighted by Crippen LogP contribution is 2.15. The molecular formula is C37H65N2+. The zero-order valence-electron chi connectivity index (χ0n) is 26.3. The highest BCUT2D eigenvalue weighted by Gasteiger charge is 2.16. The van der Waals surface area contributed by atoms with Crippen LogP contribution < -0.4 is 4.57 Å². The zero-order valence-corrected chi connectivity index (χ0v) is 26.3. The monoisotopic (exact) mass is 538 g/mol. The standard InChI is InChI=1S/C37H65N2/c1-3-5-7-9-11-12-13-14-15-16-17-18-19-20-25-31-37-38(32-26-21-10-8-6-4-2)34-35-39(37)33-27-30-36-28-23-22-24-29-36/h22-24,28-29,34-35H,3-21,25-27,30-33H2,1-2H3/q+1. The fraction of sp³-hybridized carbons (Fsp3) is 0.757. The number of hydrogen-bond acceptors (Lipinski definition) is 0. The van der Waals surface area contributed by atoms with Crippen LogP contribution in [0, 0.1) is 0 Å². The van der Waals surface area contributed by atoms with Gasteiger partial charge in [-0.25, -0.2) is 9.13 Å². The van der Waals surface area contributed by atoms with Gasteiger partial charge in [-0.05, 0) is 37.7 Å². The number of imidazole rings is 1. The minimum Gasteiger partial charge on any atom is -0.234 e. The quantitative estimate of drug-likeness (QED) is 0.0791. The van der Waals surface area contributed by atoms with Gasteiger partial charge in [-0.15, -0.1) is 0 Å². The average molecular weight is 538 g/mol. The van der Waals surface area contributed by atoms with Crippen molar-refractivity contribution in [2.75, 3.05) is 0 Å². The van der Waals surface area contributed by atoms with Crippen LogP contribution in [0.5, 0.6) is 0 Å². The Morgan fingerprint density at radius 1 is 0.513 bits per heavy atom. The van der Waals surface area contributed by atoms with E-state index < -0.39 is 0 Å². The van der Waals surface area contributed by atoms with Gasteiger partial charge < -0.3 is 0 Å². The molecule has 0 unspecified atom stereocenters. The highest BCUT2D eigenvalue weighted by molar-refractivity contribution is 5.14. The molecule has 2 rings (SSSR count). The number of aryl methyl sites for hydroxylation is 3. The van der Waals surface area contributed by atoms with Gasteiger partial charge in [0.25, 0.3) is 5.82 Å². The van der Waals surface area contributed by atoms with Crippen molar-refractivity contribution in [2.24, 2.45) is 0 Å². The van der Waals surface area contributed by atoms with Crippen molar-refractivity contribution in [1.29, 1.82) is 0 Å². The third-order valence-electron chi connectivity index (χ3n) is 8.55. The molecule has 1 aromatic heterocycles. The maximum atomic E-state index is 2.59. The summed E-state index contributed by atoms with van der Waals surface area (Å²) in [4.78, 5) is 0. The summed E-state index contributed by atoms with van der Waals surface area (Å²) in [6.45, 7) is 6.96. The molecule has 1 heterocycles. The summed E-state index contributed by atoms with van der Waals surface area (Å²) >= 11 is 0. The molecule has 222 valence electrons. The maximum absolute atomic E-state index is 2.59. The molecule has 0 aliphatic rings. The van der Waals surface area contributed by atoms with Gasteiger partial charge in [-0.3, -0.25) is 0 Å². The van der Waals surface area contributed by atoms with E-state index in [0.29, 0.717) is 0 Å². The topological polar surface area (TPSA) is 8.81 Å². The lowest BCUT2D eigenvalue weighted by Gasteiger charge is -2.07. The Morgan fingerprint density at radius 3 is 1.54 bits per heavy atom. The van der Waals surface area contributed by atoms with Crippen LogP contribution in [-0.2, 0) is 25.9 Å². The fourth-order valence-electron chi connectivity index (χ4n) is 6.01. The first-order valence-electron chi connectivity index (χ1n) is 17.5. The Labute approximate surface area is 244 Å². The molecule has 0 amide bonds. The SMILES string of the molecule is CCCCCCCCCCCCCCCCCc1n(CCCCCCCC)cc[n+]1CCCc1ccccc1. The molecule has 0 saturated heterocycles. The third kappa shape index (κ3) is 17.0. The molecule has 0 atom stereocenters. The van der Waals surface area contributed by atoms with Crippen LogP contribution in [0.4, 0.5) is 0 Å². The van der Waals surface area contributed by atoms with E-state index in [1.165, 1.54) is 166 Å². The molecule has 2 heteroatoms. The van der Waals surface area contributed by atoms with E-state index >= 15 is 0 Å². The molecule has 0 aliphatic carbocycles. The minimum atomic E-state index is 1.15. The van der Waals surface area contributed by atoms with Gasteiger partial charge in [0.15, 0.2) is 0 Å². The number of unbranched alkanes of at least 4 members (excludes halogenated alkanes) is 19. The Bertz CT molecular complexity index is 778. The molecule has 0 aliphatic heterocycles. The lowest BCUT2D eigenvalue weighted by Crippen LogP contribution is -2.37. The van der Waals surface area contributed by atoms with Crippen molar-refractivity contribution >= 4 is 0 Å². The molecule has 0 saturated carbocycles. The predicted octanol–water partition coefficient (Wildman–Crippen LogP) is 11.2. The van der Waals surface area contributed by atoms with Crippen LogP contribution in [-0.4, -0.2) is 4.57 Å². The zero-order chi connectivity index (χ0) is 27.6. The third-order valence-corrected chi connectivity index (χ3v) is 8.55. The smallest absolute Gasteiger partial charge is 0.234 e. The molecule has 0 N–H and O–H groups in total. The Hall–Kier alpha value is -1.57. The fourth-order valence-corrected chi connectivity index (χ4v) is 6.01. The van der Waals surface area contributed by atoms with Gasteiger partial charge >= 0.3 is 0 Å². The van der Waals surface area contributed by atoms with Crippen molar-refractivity contribution in [2.45, 2.75) is 181 Å². The molecule has 2 aromatic rings. The summed E-state index contributed by atoms with van der Waals surface area (Å²) in [5.41, 5.74) is 1.47. The van der Waals surface area contributed by atoms with Gasteiger partial charge in [0.1, 0.15) is 12.4 Å². The molecular weight excluding hydrogens is 472 g/mol. The van der Waals surface area contributed by atoms with Gasteiger partial charge in [-0.2, -0.15) is 0 Å². The lowest BCUT2D eigenvalue weighted by molar-refractivity contribution is -0.704. The second-order valence-corrected chi connectivity index (χ2v) is 12.2. The normalized spacial score (nSPS) is 11.4. The summed E-state index contributed by atoms with van der Waals surface area (Å²) < 4.78 is 5.16. The molecule has 0 spiro atoms. The van der Waals surface area contributed by atoms with Gasteiger partial charge in [0.2, 0.25) is 0 Å². The van der Waals surface area contributed by atoms with Crippen LogP contribution in [0.25, 0.3) is 0 Å². The molecule has 2 nitrogen and oxygen atoms in total. The van der Waals surface area contributed by atoms with Crippen LogP contribution >= 0.6 is 0 Å². The van der Waals surface area contributed by atoms with E-state index in [-0.39, 0.29) is 0 Å². The van der Waals surface area contributed by atoms with Crippen LogP contribution in [0.1, 0.15) is 166 Å². The maximum Gasteiger partial charge on any atom is 0.256 e. The lowest BCUT2D eigenvalue weighted by atomic mass is 10.0. The average Bonchev–Trinajstić information content (AvgIpc) is 3.34.